The van der Waals surface area contributed by atoms with Crippen molar-refractivity contribution in [2.75, 3.05) is 6.26 Å². The van der Waals surface area contributed by atoms with Crippen LogP contribution in [0, 0.1) is 6.92 Å². The second-order valence-corrected chi connectivity index (χ2v) is 5.21. The third kappa shape index (κ3) is 4.01. The molecule has 0 bridgehead atoms. The molecule has 0 heterocycles. The van der Waals surface area contributed by atoms with Gasteiger partial charge in [-0.25, -0.2) is 0 Å². The average Bonchev–Trinajstić information content (AvgIpc) is 2.14. The standard InChI is InChI=1S/C11H16O3S/c1-4-11(14-15(3,12)13)10-7-5-9(2)6-8-10/h5-8,11H,4H2,1-3H3. The molecule has 1 unspecified atom stereocenters. The van der Waals surface area contributed by atoms with Gasteiger partial charge in [0.25, 0.3) is 10.1 Å². The van der Waals surface area contributed by atoms with Crippen LogP contribution < -0.4 is 0 Å². The van der Waals surface area contributed by atoms with E-state index in [4.69, 9.17) is 4.18 Å². The van der Waals surface area contributed by atoms with Gasteiger partial charge in [0.15, 0.2) is 0 Å². The van der Waals surface area contributed by atoms with Crippen molar-refractivity contribution in [3.8, 4) is 0 Å². The number of rotatable bonds is 4. The molecule has 15 heavy (non-hydrogen) atoms. The van der Waals surface area contributed by atoms with Crippen molar-refractivity contribution >= 4 is 10.1 Å². The van der Waals surface area contributed by atoms with E-state index in [1.54, 1.807) is 0 Å². The summed E-state index contributed by atoms with van der Waals surface area (Å²) >= 11 is 0. The van der Waals surface area contributed by atoms with Crippen molar-refractivity contribution in [3.05, 3.63) is 35.4 Å². The molecule has 1 atom stereocenters. The van der Waals surface area contributed by atoms with E-state index < -0.39 is 10.1 Å². The predicted octanol–water partition coefficient (Wildman–Crippen LogP) is 2.42. The molecule has 0 radical (unpaired) electrons. The van der Waals surface area contributed by atoms with Crippen molar-refractivity contribution in [1.29, 1.82) is 0 Å². The van der Waals surface area contributed by atoms with Gasteiger partial charge in [-0.15, -0.1) is 0 Å². The maximum absolute atomic E-state index is 11.0. The lowest BCUT2D eigenvalue weighted by Gasteiger charge is -2.14. The van der Waals surface area contributed by atoms with Crippen LogP contribution in [0.4, 0.5) is 0 Å². The molecule has 0 amide bonds. The van der Waals surface area contributed by atoms with Crippen molar-refractivity contribution < 1.29 is 12.6 Å². The zero-order chi connectivity index (χ0) is 11.5. The van der Waals surface area contributed by atoms with Crippen LogP contribution in [-0.4, -0.2) is 14.7 Å². The molecule has 4 heteroatoms. The van der Waals surface area contributed by atoms with Gasteiger partial charge in [-0.3, -0.25) is 4.18 Å². The summed E-state index contributed by atoms with van der Waals surface area (Å²) in [4.78, 5) is 0. The summed E-state index contributed by atoms with van der Waals surface area (Å²) < 4.78 is 27.0. The molecule has 0 fully saturated rings. The number of aryl methyl sites for hydroxylation is 1. The molecule has 1 aromatic carbocycles. The third-order valence-corrected chi connectivity index (χ3v) is 2.69. The Morgan fingerprint density at radius 2 is 1.80 bits per heavy atom. The lowest BCUT2D eigenvalue weighted by molar-refractivity contribution is 0.211. The van der Waals surface area contributed by atoms with Crippen LogP contribution in [0.2, 0.25) is 0 Å². The Hall–Kier alpha value is -0.870. The minimum atomic E-state index is -3.39. The molecule has 1 aromatic rings. The van der Waals surface area contributed by atoms with Gasteiger partial charge < -0.3 is 0 Å². The highest BCUT2D eigenvalue weighted by molar-refractivity contribution is 7.86. The van der Waals surface area contributed by atoms with Gasteiger partial charge in [-0.2, -0.15) is 8.42 Å². The SMILES string of the molecule is CCC(OS(C)(=O)=O)c1ccc(C)cc1. The fourth-order valence-corrected chi connectivity index (χ4v) is 2.02. The zero-order valence-corrected chi connectivity index (χ0v) is 10.0. The van der Waals surface area contributed by atoms with E-state index >= 15 is 0 Å². The van der Waals surface area contributed by atoms with E-state index in [1.165, 1.54) is 0 Å². The molecule has 0 aliphatic heterocycles. The van der Waals surface area contributed by atoms with Crippen LogP contribution in [0.25, 0.3) is 0 Å². The van der Waals surface area contributed by atoms with Gasteiger partial charge in [-0.1, -0.05) is 36.8 Å². The van der Waals surface area contributed by atoms with Crippen LogP contribution >= 0.6 is 0 Å². The highest BCUT2D eigenvalue weighted by Crippen LogP contribution is 2.22. The minimum Gasteiger partial charge on any atom is -0.262 e. The van der Waals surface area contributed by atoms with Crippen molar-refractivity contribution in [2.45, 2.75) is 26.4 Å². The molecule has 0 aromatic heterocycles. The maximum atomic E-state index is 11.0. The molecule has 0 aliphatic rings. The van der Waals surface area contributed by atoms with E-state index in [0.29, 0.717) is 6.42 Å². The molecule has 1 rings (SSSR count). The molecule has 84 valence electrons. The predicted molar refractivity (Wildman–Crippen MR) is 60.1 cm³/mol. The third-order valence-electron chi connectivity index (χ3n) is 2.11. The van der Waals surface area contributed by atoms with Crippen molar-refractivity contribution in [3.63, 3.8) is 0 Å². The van der Waals surface area contributed by atoms with Gasteiger partial charge >= 0.3 is 0 Å². The Bertz CT molecular complexity index is 406. The molecule has 0 spiro atoms. The normalized spacial score (nSPS) is 13.8. The summed E-state index contributed by atoms with van der Waals surface area (Å²) in [5.41, 5.74) is 2.04. The van der Waals surface area contributed by atoms with Crippen LogP contribution in [-0.2, 0) is 14.3 Å². The molecule has 0 N–H and O–H groups in total. The first-order chi connectivity index (χ1) is 6.92. The Morgan fingerprint density at radius 1 is 1.27 bits per heavy atom. The molecule has 3 nitrogen and oxygen atoms in total. The van der Waals surface area contributed by atoms with Gasteiger partial charge in [0.2, 0.25) is 0 Å². The minimum absolute atomic E-state index is 0.374. The Kier molecular flexibility index (Phi) is 3.88. The van der Waals surface area contributed by atoms with E-state index in [2.05, 4.69) is 0 Å². The summed E-state index contributed by atoms with van der Waals surface area (Å²) in [6, 6.07) is 7.69. The first-order valence-electron chi connectivity index (χ1n) is 4.87. The summed E-state index contributed by atoms with van der Waals surface area (Å²) in [6.07, 6.45) is 1.33. The van der Waals surface area contributed by atoms with Gasteiger partial charge in [0.1, 0.15) is 6.10 Å². The summed E-state index contributed by atoms with van der Waals surface area (Å²) in [7, 11) is -3.39. The van der Waals surface area contributed by atoms with Crippen LogP contribution in [0.1, 0.15) is 30.6 Å². The van der Waals surface area contributed by atoms with Gasteiger partial charge in [0, 0.05) is 0 Å². The van der Waals surface area contributed by atoms with Gasteiger partial charge in [0.05, 0.1) is 6.26 Å². The van der Waals surface area contributed by atoms with E-state index in [-0.39, 0.29) is 6.10 Å². The Morgan fingerprint density at radius 3 is 2.20 bits per heavy atom. The second-order valence-electron chi connectivity index (χ2n) is 3.61. The molecule has 0 saturated heterocycles. The molecule has 0 saturated carbocycles. The fraction of sp³-hybridized carbons (Fsp3) is 0.455. The second kappa shape index (κ2) is 4.77. The number of benzene rings is 1. The van der Waals surface area contributed by atoms with Gasteiger partial charge in [-0.05, 0) is 18.9 Å². The summed E-state index contributed by atoms with van der Waals surface area (Å²) in [6.45, 7) is 3.89. The van der Waals surface area contributed by atoms with E-state index in [1.807, 2.05) is 38.1 Å². The van der Waals surface area contributed by atoms with Crippen molar-refractivity contribution in [2.24, 2.45) is 0 Å². The highest BCUT2D eigenvalue weighted by atomic mass is 32.2. The molecular weight excluding hydrogens is 212 g/mol. The smallest absolute Gasteiger partial charge is 0.262 e. The van der Waals surface area contributed by atoms with E-state index in [9.17, 15) is 8.42 Å². The monoisotopic (exact) mass is 228 g/mol. The Labute approximate surface area is 91.2 Å². The first kappa shape index (κ1) is 12.2. The maximum Gasteiger partial charge on any atom is 0.264 e. The fourth-order valence-electron chi connectivity index (χ4n) is 1.35. The highest BCUT2D eigenvalue weighted by Gasteiger charge is 2.15. The molecular formula is C11H16O3S. The van der Waals surface area contributed by atoms with Crippen molar-refractivity contribution in [1.82, 2.24) is 0 Å². The van der Waals surface area contributed by atoms with Crippen LogP contribution in [0.5, 0.6) is 0 Å². The quantitative estimate of drug-likeness (QED) is 0.743. The number of hydrogen-bond donors (Lipinski definition) is 0. The largest absolute Gasteiger partial charge is 0.264 e. The zero-order valence-electron chi connectivity index (χ0n) is 9.23. The topological polar surface area (TPSA) is 43.4 Å². The van der Waals surface area contributed by atoms with Crippen LogP contribution in [0.3, 0.4) is 0 Å². The first-order valence-corrected chi connectivity index (χ1v) is 6.69. The van der Waals surface area contributed by atoms with Crippen LogP contribution in [0.15, 0.2) is 24.3 Å². The summed E-state index contributed by atoms with van der Waals surface area (Å²) in [5, 5.41) is 0. The lowest BCUT2D eigenvalue weighted by atomic mass is 10.1. The lowest BCUT2D eigenvalue weighted by Crippen LogP contribution is -2.09. The summed E-state index contributed by atoms with van der Waals surface area (Å²) in [5.74, 6) is 0. The van der Waals surface area contributed by atoms with E-state index in [0.717, 1.165) is 17.4 Å². The number of hydrogen-bond acceptors (Lipinski definition) is 3. The Balaban J connectivity index is 2.88. The molecule has 0 aliphatic carbocycles. The average molecular weight is 228 g/mol.